The molecular formula is C14H20F2N4O3. The summed E-state index contributed by atoms with van der Waals surface area (Å²) in [6, 6.07) is 0. The van der Waals surface area contributed by atoms with Gasteiger partial charge in [0.15, 0.2) is 5.82 Å². The highest BCUT2D eigenvalue weighted by molar-refractivity contribution is 5.85. The number of amides is 1. The van der Waals surface area contributed by atoms with Crippen LogP contribution >= 0.6 is 0 Å². The Hall–Kier alpha value is -1.61. The molecule has 1 N–H and O–H groups in total. The predicted octanol–water partition coefficient (Wildman–Crippen LogP) is 0.573. The van der Waals surface area contributed by atoms with Crippen LogP contribution < -0.4 is 0 Å². The second-order valence-corrected chi connectivity index (χ2v) is 6.26. The van der Waals surface area contributed by atoms with Crippen molar-refractivity contribution in [3.05, 3.63) is 11.7 Å². The van der Waals surface area contributed by atoms with Gasteiger partial charge >= 0.3 is 5.92 Å². The number of nitrogens with zero attached hydrogens (tertiary/aromatic N) is 4. The molecule has 2 aliphatic rings. The Morgan fingerprint density at radius 1 is 1.35 bits per heavy atom. The van der Waals surface area contributed by atoms with Crippen molar-refractivity contribution in [1.29, 1.82) is 0 Å². The zero-order valence-corrected chi connectivity index (χ0v) is 13.0. The summed E-state index contributed by atoms with van der Waals surface area (Å²) in [7, 11) is 0. The van der Waals surface area contributed by atoms with E-state index in [9.17, 15) is 18.7 Å². The van der Waals surface area contributed by atoms with Gasteiger partial charge in [-0.1, -0.05) is 5.16 Å². The molecule has 3 rings (SSSR count). The second kappa shape index (κ2) is 5.79. The highest BCUT2D eigenvalue weighted by Crippen LogP contribution is 2.45. The first-order chi connectivity index (χ1) is 10.8. The number of piperazine rings is 1. The average molecular weight is 330 g/mol. The molecule has 0 atom stereocenters. The zero-order valence-electron chi connectivity index (χ0n) is 13.0. The molecule has 0 unspecified atom stereocenters. The fourth-order valence-corrected chi connectivity index (χ4v) is 2.93. The van der Waals surface area contributed by atoms with Gasteiger partial charge in [0.2, 0.25) is 5.89 Å². The van der Waals surface area contributed by atoms with Gasteiger partial charge in [-0.3, -0.25) is 9.69 Å². The number of carbonyl (C=O) groups is 1. The van der Waals surface area contributed by atoms with Crippen molar-refractivity contribution in [2.75, 3.05) is 26.2 Å². The Labute approximate surface area is 132 Å². The van der Waals surface area contributed by atoms with Gasteiger partial charge in [0.1, 0.15) is 5.60 Å². The van der Waals surface area contributed by atoms with E-state index in [1.807, 2.05) is 4.90 Å². The fraction of sp³-hybridized carbons (Fsp3) is 0.786. The Kier molecular flexibility index (Phi) is 4.09. The third-order valence-electron chi connectivity index (χ3n) is 4.62. The maximum atomic E-state index is 14.2. The molecule has 2 heterocycles. The lowest BCUT2D eigenvalue weighted by molar-refractivity contribution is -0.224. The number of aryl methyl sites for hydroxylation is 1. The predicted molar refractivity (Wildman–Crippen MR) is 74.6 cm³/mol. The molecule has 128 valence electrons. The molecule has 2 fully saturated rings. The number of carbonyl (C=O) groups excluding carboxylic acids is 1. The summed E-state index contributed by atoms with van der Waals surface area (Å²) in [5, 5.41) is 13.5. The normalized spacial score (nSPS) is 22.0. The SMILES string of the molecule is Cc1noc(CN2CCN(C(=O)C(F)(F)C3(O)CCC3)CC2)n1. The van der Waals surface area contributed by atoms with Crippen molar-refractivity contribution in [2.24, 2.45) is 0 Å². The summed E-state index contributed by atoms with van der Waals surface area (Å²) in [5.74, 6) is -3.97. The lowest BCUT2D eigenvalue weighted by atomic mass is 9.75. The van der Waals surface area contributed by atoms with E-state index < -0.39 is 17.4 Å². The molecular weight excluding hydrogens is 310 g/mol. The van der Waals surface area contributed by atoms with E-state index in [2.05, 4.69) is 10.1 Å². The Morgan fingerprint density at radius 3 is 2.48 bits per heavy atom. The van der Waals surface area contributed by atoms with E-state index in [1.54, 1.807) is 6.92 Å². The average Bonchev–Trinajstić information content (AvgIpc) is 2.89. The van der Waals surface area contributed by atoms with E-state index >= 15 is 0 Å². The van der Waals surface area contributed by atoms with E-state index in [1.165, 1.54) is 0 Å². The number of hydrogen-bond acceptors (Lipinski definition) is 6. The molecule has 0 aromatic carbocycles. The van der Waals surface area contributed by atoms with Gasteiger partial charge in [0.05, 0.1) is 6.54 Å². The summed E-state index contributed by atoms with van der Waals surface area (Å²) in [6.45, 7) is 3.43. The quantitative estimate of drug-likeness (QED) is 0.869. The number of halogens is 2. The first kappa shape index (κ1) is 16.3. The zero-order chi connectivity index (χ0) is 16.7. The number of alkyl halides is 2. The van der Waals surface area contributed by atoms with Gasteiger partial charge in [-0.15, -0.1) is 0 Å². The largest absolute Gasteiger partial charge is 0.383 e. The minimum absolute atomic E-state index is 0.0256. The molecule has 9 heteroatoms. The van der Waals surface area contributed by atoms with Crippen LogP contribution in [0.3, 0.4) is 0 Å². The molecule has 1 saturated heterocycles. The highest BCUT2D eigenvalue weighted by Gasteiger charge is 2.62. The van der Waals surface area contributed by atoms with Crippen molar-refractivity contribution in [3.63, 3.8) is 0 Å². The van der Waals surface area contributed by atoms with Crippen molar-refractivity contribution in [2.45, 2.75) is 44.3 Å². The van der Waals surface area contributed by atoms with Gasteiger partial charge in [0.25, 0.3) is 5.91 Å². The monoisotopic (exact) mass is 330 g/mol. The summed E-state index contributed by atoms with van der Waals surface area (Å²) in [6.07, 6.45) is 0.473. The smallest absolute Gasteiger partial charge is 0.352 e. The first-order valence-corrected chi connectivity index (χ1v) is 7.73. The van der Waals surface area contributed by atoms with Gasteiger partial charge in [-0.2, -0.15) is 13.8 Å². The third-order valence-corrected chi connectivity index (χ3v) is 4.62. The van der Waals surface area contributed by atoms with Crippen molar-refractivity contribution in [1.82, 2.24) is 19.9 Å². The molecule has 1 aliphatic carbocycles. The van der Waals surface area contributed by atoms with E-state index in [-0.39, 0.29) is 25.9 Å². The van der Waals surface area contributed by atoms with E-state index in [4.69, 9.17) is 4.52 Å². The van der Waals surface area contributed by atoms with E-state index in [0.29, 0.717) is 37.8 Å². The van der Waals surface area contributed by atoms with Crippen LogP contribution in [-0.2, 0) is 11.3 Å². The van der Waals surface area contributed by atoms with Crippen LogP contribution in [0.5, 0.6) is 0 Å². The summed E-state index contributed by atoms with van der Waals surface area (Å²) in [4.78, 5) is 19.3. The number of aromatic nitrogens is 2. The van der Waals surface area contributed by atoms with Crippen LogP contribution in [0.1, 0.15) is 31.0 Å². The highest BCUT2D eigenvalue weighted by atomic mass is 19.3. The lowest BCUT2D eigenvalue weighted by Crippen LogP contribution is -2.63. The number of aliphatic hydroxyl groups is 1. The molecule has 1 aliphatic heterocycles. The topological polar surface area (TPSA) is 82.7 Å². The Morgan fingerprint density at radius 2 is 2.00 bits per heavy atom. The summed E-state index contributed by atoms with van der Waals surface area (Å²) in [5.41, 5.74) is -2.16. The molecule has 0 bridgehead atoms. The minimum atomic E-state index is -3.71. The molecule has 7 nitrogen and oxygen atoms in total. The van der Waals surface area contributed by atoms with Crippen LogP contribution in [0.25, 0.3) is 0 Å². The first-order valence-electron chi connectivity index (χ1n) is 7.73. The molecule has 1 aromatic heterocycles. The van der Waals surface area contributed by atoms with Crippen molar-refractivity contribution >= 4 is 5.91 Å². The van der Waals surface area contributed by atoms with Crippen LogP contribution in [-0.4, -0.2) is 68.7 Å². The second-order valence-electron chi connectivity index (χ2n) is 6.26. The molecule has 0 radical (unpaired) electrons. The van der Waals surface area contributed by atoms with Crippen LogP contribution in [0.2, 0.25) is 0 Å². The molecule has 1 aromatic rings. The maximum absolute atomic E-state index is 14.2. The molecule has 23 heavy (non-hydrogen) atoms. The number of hydrogen-bond donors (Lipinski definition) is 1. The molecule has 1 amide bonds. The van der Waals surface area contributed by atoms with Gasteiger partial charge in [0, 0.05) is 26.2 Å². The van der Waals surface area contributed by atoms with Gasteiger partial charge < -0.3 is 14.5 Å². The van der Waals surface area contributed by atoms with Crippen LogP contribution in [0.15, 0.2) is 4.52 Å². The summed E-state index contributed by atoms with van der Waals surface area (Å²) < 4.78 is 33.4. The van der Waals surface area contributed by atoms with Gasteiger partial charge in [-0.05, 0) is 26.2 Å². The summed E-state index contributed by atoms with van der Waals surface area (Å²) >= 11 is 0. The maximum Gasteiger partial charge on any atom is 0.352 e. The number of rotatable bonds is 4. The van der Waals surface area contributed by atoms with E-state index in [0.717, 1.165) is 4.90 Å². The van der Waals surface area contributed by atoms with Gasteiger partial charge in [-0.25, -0.2) is 0 Å². The Bertz CT molecular complexity index is 580. The fourth-order valence-electron chi connectivity index (χ4n) is 2.93. The minimum Gasteiger partial charge on any atom is -0.383 e. The van der Waals surface area contributed by atoms with Crippen molar-refractivity contribution < 1.29 is 23.2 Å². The van der Waals surface area contributed by atoms with Crippen LogP contribution in [0.4, 0.5) is 8.78 Å². The standard InChI is InChI=1S/C14H20F2N4O3/c1-10-17-11(23-18-10)9-19-5-7-20(8-6-19)12(21)14(15,16)13(22)3-2-4-13/h22H,2-9H2,1H3. The Balaban J connectivity index is 1.55. The molecule has 0 spiro atoms. The lowest BCUT2D eigenvalue weighted by Gasteiger charge is -2.44. The molecule has 1 saturated carbocycles. The van der Waals surface area contributed by atoms with Crippen LogP contribution in [0, 0.1) is 6.92 Å². The van der Waals surface area contributed by atoms with Crippen molar-refractivity contribution in [3.8, 4) is 0 Å². The third kappa shape index (κ3) is 2.94.